The molecule has 1 aliphatic rings. The SMILES string of the molecule is COCCNc1nccc(-c2c(-c3ccc(F)cc3)c(=O)n3n2CCC3)n1. The van der Waals surface area contributed by atoms with Crippen LogP contribution in [0.5, 0.6) is 0 Å². The van der Waals surface area contributed by atoms with E-state index in [0.29, 0.717) is 42.5 Å². The average Bonchev–Trinajstić information content (AvgIpc) is 3.25. The second-order valence-electron chi connectivity index (χ2n) is 6.32. The van der Waals surface area contributed by atoms with Crippen LogP contribution in [0.3, 0.4) is 0 Å². The van der Waals surface area contributed by atoms with E-state index in [1.807, 2.05) is 4.68 Å². The Hall–Kier alpha value is -3.00. The van der Waals surface area contributed by atoms with Crippen molar-refractivity contribution in [2.45, 2.75) is 19.5 Å². The Bertz CT molecular complexity index is 1010. The largest absolute Gasteiger partial charge is 0.383 e. The number of benzene rings is 1. The van der Waals surface area contributed by atoms with Gasteiger partial charge in [-0.25, -0.2) is 19.0 Å². The Morgan fingerprint density at radius 3 is 2.74 bits per heavy atom. The molecule has 0 aliphatic carbocycles. The van der Waals surface area contributed by atoms with Crippen LogP contribution in [-0.4, -0.2) is 39.6 Å². The molecule has 0 bridgehead atoms. The van der Waals surface area contributed by atoms with Crippen LogP contribution in [-0.2, 0) is 17.8 Å². The van der Waals surface area contributed by atoms with Crippen molar-refractivity contribution in [3.63, 3.8) is 0 Å². The van der Waals surface area contributed by atoms with E-state index < -0.39 is 0 Å². The number of nitrogens with one attached hydrogen (secondary N) is 1. The number of nitrogens with zero attached hydrogens (tertiary/aromatic N) is 4. The lowest BCUT2D eigenvalue weighted by Crippen LogP contribution is -2.17. The number of halogens is 1. The molecule has 3 heterocycles. The van der Waals surface area contributed by atoms with Gasteiger partial charge in [-0.2, -0.15) is 0 Å². The summed E-state index contributed by atoms with van der Waals surface area (Å²) in [6.07, 6.45) is 2.56. The summed E-state index contributed by atoms with van der Waals surface area (Å²) in [7, 11) is 1.63. The smallest absolute Gasteiger partial charge is 0.275 e. The Balaban J connectivity index is 1.83. The molecule has 0 saturated carbocycles. The predicted octanol–water partition coefficient (Wildman–Crippen LogP) is 2.37. The van der Waals surface area contributed by atoms with Crippen molar-refractivity contribution < 1.29 is 9.13 Å². The second-order valence-corrected chi connectivity index (χ2v) is 6.32. The fourth-order valence-electron chi connectivity index (χ4n) is 3.39. The van der Waals surface area contributed by atoms with Crippen LogP contribution in [0.15, 0.2) is 41.3 Å². The van der Waals surface area contributed by atoms with Gasteiger partial charge in [-0.15, -0.1) is 0 Å². The van der Waals surface area contributed by atoms with Gasteiger partial charge in [0, 0.05) is 32.9 Å². The lowest BCUT2D eigenvalue weighted by atomic mass is 10.0. The van der Waals surface area contributed by atoms with Crippen LogP contribution in [0.1, 0.15) is 6.42 Å². The molecule has 1 aromatic carbocycles. The van der Waals surface area contributed by atoms with Gasteiger partial charge in [-0.05, 0) is 30.2 Å². The zero-order valence-electron chi connectivity index (χ0n) is 15.0. The monoisotopic (exact) mass is 369 g/mol. The molecular formula is C19H20FN5O2. The maximum Gasteiger partial charge on any atom is 0.275 e. The summed E-state index contributed by atoms with van der Waals surface area (Å²) in [5.74, 6) is 0.138. The van der Waals surface area contributed by atoms with Crippen LogP contribution in [0.25, 0.3) is 22.5 Å². The zero-order chi connectivity index (χ0) is 18.8. The molecule has 27 heavy (non-hydrogen) atoms. The Kier molecular flexibility index (Phi) is 4.72. The molecule has 7 nitrogen and oxygen atoms in total. The summed E-state index contributed by atoms with van der Waals surface area (Å²) in [6.45, 7) is 2.52. The van der Waals surface area contributed by atoms with Gasteiger partial charge >= 0.3 is 0 Å². The van der Waals surface area contributed by atoms with Gasteiger partial charge in [-0.3, -0.25) is 9.48 Å². The van der Waals surface area contributed by atoms with E-state index in [4.69, 9.17) is 4.74 Å². The van der Waals surface area contributed by atoms with Crippen LogP contribution in [0, 0.1) is 5.82 Å². The van der Waals surface area contributed by atoms with Crippen LogP contribution >= 0.6 is 0 Å². The summed E-state index contributed by atoms with van der Waals surface area (Å²) in [5.41, 5.74) is 2.53. The third kappa shape index (κ3) is 3.23. The van der Waals surface area contributed by atoms with Gasteiger partial charge in [0.2, 0.25) is 5.95 Å². The highest BCUT2D eigenvalue weighted by Gasteiger charge is 2.26. The highest BCUT2D eigenvalue weighted by molar-refractivity contribution is 5.79. The lowest BCUT2D eigenvalue weighted by Gasteiger charge is -2.10. The fraction of sp³-hybridized carbons (Fsp3) is 0.316. The second kappa shape index (κ2) is 7.32. The molecule has 0 saturated heterocycles. The highest BCUT2D eigenvalue weighted by Crippen LogP contribution is 2.31. The molecule has 0 spiro atoms. The van der Waals surface area contributed by atoms with Crippen molar-refractivity contribution in [3.05, 3.63) is 52.7 Å². The Labute approximate surface area is 155 Å². The molecule has 140 valence electrons. The molecule has 8 heteroatoms. The molecule has 0 unspecified atom stereocenters. The number of ether oxygens (including phenoxy) is 1. The maximum atomic E-state index is 13.4. The van der Waals surface area contributed by atoms with Crippen LogP contribution < -0.4 is 10.9 Å². The van der Waals surface area contributed by atoms with E-state index in [1.54, 1.807) is 36.2 Å². The first kappa shape index (κ1) is 17.4. The van der Waals surface area contributed by atoms with Crippen molar-refractivity contribution in [1.29, 1.82) is 0 Å². The molecule has 3 aromatic rings. The summed E-state index contributed by atoms with van der Waals surface area (Å²) in [6, 6.07) is 7.78. The van der Waals surface area contributed by atoms with Gasteiger partial charge in [-0.1, -0.05) is 12.1 Å². The van der Waals surface area contributed by atoms with Crippen molar-refractivity contribution >= 4 is 5.95 Å². The standard InChI is InChI=1S/C19H20FN5O2/c1-27-12-9-22-19-21-8-7-15(23-19)17-16(13-3-5-14(20)6-4-13)18(26)25-11-2-10-24(17)25/h3-8H,2,9-12H2,1H3,(H,21,22,23). The predicted molar refractivity (Wildman–Crippen MR) is 100 cm³/mol. The molecule has 0 radical (unpaired) electrons. The summed E-state index contributed by atoms with van der Waals surface area (Å²) in [5, 5.41) is 3.11. The normalized spacial score (nSPS) is 13.0. The van der Waals surface area contributed by atoms with E-state index >= 15 is 0 Å². The molecule has 0 fully saturated rings. The molecule has 0 amide bonds. The Morgan fingerprint density at radius 1 is 1.19 bits per heavy atom. The lowest BCUT2D eigenvalue weighted by molar-refractivity contribution is 0.210. The quantitative estimate of drug-likeness (QED) is 0.676. The molecule has 2 aromatic heterocycles. The van der Waals surface area contributed by atoms with Crippen LogP contribution in [0.4, 0.5) is 10.3 Å². The molecule has 1 aliphatic heterocycles. The molecule has 1 N–H and O–H groups in total. The molecule has 4 rings (SSSR count). The first-order valence-corrected chi connectivity index (χ1v) is 8.85. The number of hydrogen-bond acceptors (Lipinski definition) is 5. The summed E-state index contributed by atoms with van der Waals surface area (Å²) >= 11 is 0. The number of aromatic nitrogens is 4. The van der Waals surface area contributed by atoms with Crippen LogP contribution in [0.2, 0.25) is 0 Å². The molecule has 0 atom stereocenters. The fourth-order valence-corrected chi connectivity index (χ4v) is 3.39. The third-order valence-corrected chi connectivity index (χ3v) is 4.59. The highest BCUT2D eigenvalue weighted by atomic mass is 19.1. The number of fused-ring (bicyclic) bond motifs is 1. The maximum absolute atomic E-state index is 13.4. The first-order chi connectivity index (χ1) is 13.2. The summed E-state index contributed by atoms with van der Waals surface area (Å²) < 4.78 is 22.1. The van der Waals surface area contributed by atoms with E-state index in [9.17, 15) is 9.18 Å². The Morgan fingerprint density at radius 2 is 1.96 bits per heavy atom. The first-order valence-electron chi connectivity index (χ1n) is 8.85. The van der Waals surface area contributed by atoms with Crippen molar-refractivity contribution in [1.82, 2.24) is 19.3 Å². The molecular weight excluding hydrogens is 349 g/mol. The zero-order valence-corrected chi connectivity index (χ0v) is 15.0. The van der Waals surface area contributed by atoms with E-state index in [-0.39, 0.29) is 11.4 Å². The van der Waals surface area contributed by atoms with E-state index in [1.165, 1.54) is 12.1 Å². The number of hydrogen-bond donors (Lipinski definition) is 1. The average molecular weight is 369 g/mol. The summed E-state index contributed by atoms with van der Waals surface area (Å²) in [4.78, 5) is 21.8. The minimum atomic E-state index is -0.334. The topological polar surface area (TPSA) is 74.0 Å². The number of methoxy groups -OCH3 is 1. The van der Waals surface area contributed by atoms with Gasteiger partial charge < -0.3 is 10.1 Å². The van der Waals surface area contributed by atoms with E-state index in [0.717, 1.165) is 18.7 Å². The van der Waals surface area contributed by atoms with Crippen molar-refractivity contribution in [2.24, 2.45) is 0 Å². The van der Waals surface area contributed by atoms with Crippen molar-refractivity contribution in [3.8, 4) is 22.5 Å². The number of anilines is 1. The van der Waals surface area contributed by atoms with Gasteiger partial charge in [0.1, 0.15) is 5.82 Å². The van der Waals surface area contributed by atoms with E-state index in [2.05, 4.69) is 15.3 Å². The minimum Gasteiger partial charge on any atom is -0.383 e. The van der Waals surface area contributed by atoms with Crippen molar-refractivity contribution in [2.75, 3.05) is 25.6 Å². The van der Waals surface area contributed by atoms with Gasteiger partial charge in [0.15, 0.2) is 0 Å². The van der Waals surface area contributed by atoms with Gasteiger partial charge in [0.05, 0.1) is 23.6 Å². The number of rotatable bonds is 6. The minimum absolute atomic E-state index is 0.0818. The van der Waals surface area contributed by atoms with Gasteiger partial charge in [0.25, 0.3) is 5.56 Å². The third-order valence-electron chi connectivity index (χ3n) is 4.59.